The van der Waals surface area contributed by atoms with E-state index in [0.717, 1.165) is 16.8 Å². The third-order valence-corrected chi connectivity index (χ3v) is 2.18. The van der Waals surface area contributed by atoms with E-state index in [1.165, 1.54) is 0 Å². The minimum atomic E-state index is 0.0690. The molecule has 0 radical (unpaired) electrons. The molecule has 1 aliphatic rings. The maximum atomic E-state index is 11.6. The quantitative estimate of drug-likeness (QED) is 0.715. The lowest BCUT2D eigenvalue weighted by Gasteiger charge is -1.97. The Balaban J connectivity index is 2.58. The van der Waals surface area contributed by atoms with E-state index in [1.807, 2.05) is 37.3 Å². The number of fused-ring (bicyclic) bond motifs is 1. The number of hydrogen-bond donors (Lipinski definition) is 1. The van der Waals surface area contributed by atoms with Crippen molar-refractivity contribution in [2.45, 2.75) is 6.92 Å². The van der Waals surface area contributed by atoms with Crippen molar-refractivity contribution in [3.8, 4) is 0 Å². The van der Waals surface area contributed by atoms with E-state index in [9.17, 15) is 4.79 Å². The highest BCUT2D eigenvalue weighted by Gasteiger charge is 2.12. The summed E-state index contributed by atoms with van der Waals surface area (Å²) in [5.74, 6) is 0. The van der Waals surface area contributed by atoms with Crippen LogP contribution in [0.2, 0.25) is 0 Å². The fourth-order valence-electron chi connectivity index (χ4n) is 1.52. The second-order valence-electron chi connectivity index (χ2n) is 3.11. The van der Waals surface area contributed by atoms with E-state index in [4.69, 9.17) is 0 Å². The van der Waals surface area contributed by atoms with Crippen molar-refractivity contribution in [3.63, 3.8) is 0 Å². The Kier molecular flexibility index (Phi) is 2.19. The maximum absolute atomic E-state index is 11.6. The molecule has 1 N–H and O–H groups in total. The van der Waals surface area contributed by atoms with Gasteiger partial charge in [0.05, 0.1) is 5.56 Å². The third kappa shape index (κ3) is 1.35. The van der Waals surface area contributed by atoms with Crippen LogP contribution in [-0.2, 0) is 0 Å². The minimum Gasteiger partial charge on any atom is -0.361 e. The van der Waals surface area contributed by atoms with Gasteiger partial charge in [-0.2, -0.15) is 0 Å². The second kappa shape index (κ2) is 3.50. The van der Waals surface area contributed by atoms with Crippen LogP contribution in [0.25, 0.3) is 11.6 Å². The number of pyridine rings is 1. The van der Waals surface area contributed by atoms with E-state index in [-0.39, 0.29) is 5.43 Å². The topological polar surface area (TPSA) is 32.9 Å². The Morgan fingerprint density at radius 3 is 3.00 bits per heavy atom. The summed E-state index contributed by atoms with van der Waals surface area (Å²) in [5.41, 5.74) is 2.71. The summed E-state index contributed by atoms with van der Waals surface area (Å²) in [6.45, 7) is 1.95. The molecule has 70 valence electrons. The van der Waals surface area contributed by atoms with Gasteiger partial charge in [-0.3, -0.25) is 4.79 Å². The summed E-state index contributed by atoms with van der Waals surface area (Å²) in [5, 5.41) is 0. The van der Waals surface area contributed by atoms with Crippen LogP contribution in [0, 0.1) is 0 Å². The van der Waals surface area contributed by atoms with Crippen LogP contribution in [0.4, 0.5) is 0 Å². The van der Waals surface area contributed by atoms with Crippen molar-refractivity contribution in [1.82, 2.24) is 4.98 Å². The minimum absolute atomic E-state index is 0.0690. The monoisotopic (exact) mass is 185 g/mol. The first-order valence-corrected chi connectivity index (χ1v) is 4.56. The molecule has 0 saturated heterocycles. The van der Waals surface area contributed by atoms with Crippen LogP contribution in [-0.4, -0.2) is 4.98 Å². The van der Waals surface area contributed by atoms with E-state index in [2.05, 4.69) is 4.98 Å². The van der Waals surface area contributed by atoms with Gasteiger partial charge >= 0.3 is 0 Å². The Morgan fingerprint density at radius 1 is 1.36 bits per heavy atom. The Bertz CT molecular complexity index is 489. The summed E-state index contributed by atoms with van der Waals surface area (Å²) in [7, 11) is 0. The molecule has 0 amide bonds. The van der Waals surface area contributed by atoms with Gasteiger partial charge in [-0.15, -0.1) is 0 Å². The van der Waals surface area contributed by atoms with Crippen LogP contribution in [0.5, 0.6) is 0 Å². The zero-order chi connectivity index (χ0) is 9.97. The van der Waals surface area contributed by atoms with Gasteiger partial charge in [-0.25, -0.2) is 0 Å². The summed E-state index contributed by atoms with van der Waals surface area (Å²) in [6, 6.07) is 1.55. The largest absolute Gasteiger partial charge is 0.361 e. The van der Waals surface area contributed by atoms with Crippen LogP contribution in [0.15, 0.2) is 41.4 Å². The Hall–Kier alpha value is -1.83. The van der Waals surface area contributed by atoms with Gasteiger partial charge in [0.2, 0.25) is 0 Å². The van der Waals surface area contributed by atoms with Gasteiger partial charge in [0.1, 0.15) is 0 Å². The van der Waals surface area contributed by atoms with Gasteiger partial charge in [0, 0.05) is 18.0 Å². The number of aromatic amines is 1. The smallest absolute Gasteiger partial charge is 0.189 e. The molecule has 0 saturated carbocycles. The average Bonchev–Trinajstić information content (AvgIpc) is 2.59. The Morgan fingerprint density at radius 2 is 2.21 bits per heavy atom. The van der Waals surface area contributed by atoms with E-state index < -0.39 is 0 Å². The summed E-state index contributed by atoms with van der Waals surface area (Å²) in [4.78, 5) is 14.6. The molecule has 0 unspecified atom stereocenters. The van der Waals surface area contributed by atoms with Gasteiger partial charge in [-0.1, -0.05) is 24.3 Å². The zero-order valence-corrected chi connectivity index (χ0v) is 7.95. The molecule has 1 aliphatic carbocycles. The number of nitrogens with one attached hydrogen (secondary N) is 1. The number of allylic oxidation sites excluding steroid dienone is 5. The van der Waals surface area contributed by atoms with Crippen molar-refractivity contribution in [2.75, 3.05) is 0 Å². The second-order valence-corrected chi connectivity index (χ2v) is 3.11. The van der Waals surface area contributed by atoms with Crippen molar-refractivity contribution >= 4 is 11.6 Å². The molecule has 1 aromatic heterocycles. The number of aromatic nitrogens is 1. The number of H-pyrrole nitrogens is 1. The van der Waals surface area contributed by atoms with Crippen molar-refractivity contribution < 1.29 is 0 Å². The summed E-state index contributed by atoms with van der Waals surface area (Å²) in [6.07, 6.45) is 11.4. The highest BCUT2D eigenvalue weighted by Crippen LogP contribution is 2.23. The van der Waals surface area contributed by atoms with Crippen molar-refractivity contribution in [3.05, 3.63) is 58.0 Å². The summed E-state index contributed by atoms with van der Waals surface area (Å²) < 4.78 is 0. The lowest BCUT2D eigenvalue weighted by atomic mass is 10.1. The lowest BCUT2D eigenvalue weighted by Crippen LogP contribution is -2.06. The van der Waals surface area contributed by atoms with E-state index >= 15 is 0 Å². The Labute approximate surface area is 82.3 Å². The molecule has 1 aromatic rings. The van der Waals surface area contributed by atoms with Crippen molar-refractivity contribution in [2.24, 2.45) is 0 Å². The molecule has 0 spiro atoms. The molecule has 0 aliphatic heterocycles. The molecular weight excluding hydrogens is 174 g/mol. The van der Waals surface area contributed by atoms with Crippen LogP contribution in [0.3, 0.4) is 0 Å². The SMILES string of the molecule is C/C=C/C=C1\C=Cc2[nH]ccc(=O)c21. The molecule has 0 atom stereocenters. The molecule has 2 nitrogen and oxygen atoms in total. The van der Waals surface area contributed by atoms with Gasteiger partial charge in [-0.05, 0) is 18.6 Å². The lowest BCUT2D eigenvalue weighted by molar-refractivity contribution is 1.26. The van der Waals surface area contributed by atoms with Gasteiger partial charge in [0.15, 0.2) is 5.43 Å². The molecule has 2 heteroatoms. The van der Waals surface area contributed by atoms with E-state index in [1.54, 1.807) is 12.3 Å². The molecule has 1 heterocycles. The zero-order valence-electron chi connectivity index (χ0n) is 7.95. The molecule has 2 rings (SSSR count). The first-order valence-electron chi connectivity index (χ1n) is 4.56. The van der Waals surface area contributed by atoms with Gasteiger partial charge < -0.3 is 4.98 Å². The first-order chi connectivity index (χ1) is 6.83. The molecule has 14 heavy (non-hydrogen) atoms. The highest BCUT2D eigenvalue weighted by atomic mass is 16.1. The molecule has 0 aromatic carbocycles. The standard InChI is InChI=1S/C12H11NO/c1-2-3-4-9-5-6-10-12(9)11(14)7-8-13-10/h2-8H,1H3,(H,13,14)/b3-2+,9-4+. The average molecular weight is 185 g/mol. The van der Waals surface area contributed by atoms with Crippen molar-refractivity contribution in [1.29, 1.82) is 0 Å². The molecule has 0 bridgehead atoms. The first kappa shape index (κ1) is 8.75. The fraction of sp³-hybridized carbons (Fsp3) is 0.0833. The highest BCUT2D eigenvalue weighted by molar-refractivity contribution is 5.88. The summed E-state index contributed by atoms with van der Waals surface area (Å²) >= 11 is 0. The third-order valence-electron chi connectivity index (χ3n) is 2.18. The normalized spacial score (nSPS) is 16.8. The number of rotatable bonds is 1. The predicted molar refractivity (Wildman–Crippen MR) is 58.9 cm³/mol. The predicted octanol–water partition coefficient (Wildman–Crippen LogP) is 2.36. The van der Waals surface area contributed by atoms with Crippen LogP contribution < -0.4 is 5.43 Å². The molecular formula is C12H11NO. The van der Waals surface area contributed by atoms with Crippen LogP contribution in [0.1, 0.15) is 18.2 Å². The van der Waals surface area contributed by atoms with Crippen LogP contribution >= 0.6 is 0 Å². The maximum Gasteiger partial charge on any atom is 0.189 e. The molecule has 0 fully saturated rings. The van der Waals surface area contributed by atoms with Gasteiger partial charge in [0.25, 0.3) is 0 Å². The fourth-order valence-corrected chi connectivity index (χ4v) is 1.52. The van der Waals surface area contributed by atoms with E-state index in [0.29, 0.717) is 0 Å². The number of hydrogen-bond acceptors (Lipinski definition) is 1.